The lowest BCUT2D eigenvalue weighted by atomic mass is 9.86. The van der Waals surface area contributed by atoms with E-state index in [9.17, 15) is 19.2 Å². The number of nitrogens with two attached hydrogens (primary N) is 1. The van der Waals surface area contributed by atoms with Crippen LogP contribution in [0.5, 0.6) is 11.5 Å². The van der Waals surface area contributed by atoms with E-state index in [1.807, 2.05) is 13.8 Å². The van der Waals surface area contributed by atoms with Crippen LogP contribution in [0.1, 0.15) is 94.5 Å². The molecule has 224 valence electrons. The van der Waals surface area contributed by atoms with Gasteiger partial charge in [-0.2, -0.15) is 0 Å². The van der Waals surface area contributed by atoms with Crippen LogP contribution in [-0.2, 0) is 30.3 Å². The van der Waals surface area contributed by atoms with Crippen LogP contribution in [0, 0.1) is 0 Å². The molecule has 0 radical (unpaired) electrons. The molecule has 0 aliphatic rings. The molecule has 0 aromatic heterocycles. The molecule has 9 nitrogen and oxygen atoms in total. The van der Waals surface area contributed by atoms with Gasteiger partial charge in [0, 0.05) is 25.7 Å². The fourth-order valence-electron chi connectivity index (χ4n) is 4.39. The predicted octanol–water partition coefficient (Wildman–Crippen LogP) is 5.71. The number of hydrogen-bond acceptors (Lipinski definition) is 9. The maximum atomic E-state index is 12.8. The lowest BCUT2D eigenvalue weighted by molar-refractivity contribution is -0.148. The van der Waals surface area contributed by atoms with Crippen molar-refractivity contribution in [3.05, 3.63) is 59.7 Å². The van der Waals surface area contributed by atoms with E-state index in [2.05, 4.69) is 0 Å². The van der Waals surface area contributed by atoms with E-state index in [4.69, 9.17) is 24.7 Å². The molecule has 0 bridgehead atoms. The summed E-state index contributed by atoms with van der Waals surface area (Å²) in [5, 5.41) is 0. The minimum atomic E-state index is -1.56. The summed E-state index contributed by atoms with van der Waals surface area (Å²) in [6.45, 7) is 5.73. The monoisotopic (exact) mass is 569 g/mol. The topological polar surface area (TPSA) is 131 Å². The molecule has 0 amide bonds. The van der Waals surface area contributed by atoms with Gasteiger partial charge in [0.15, 0.2) is 11.5 Å². The van der Waals surface area contributed by atoms with Crippen molar-refractivity contribution < 1.29 is 38.1 Å². The van der Waals surface area contributed by atoms with E-state index in [1.165, 1.54) is 19.2 Å². The van der Waals surface area contributed by atoms with Crippen molar-refractivity contribution >= 4 is 23.9 Å². The van der Waals surface area contributed by atoms with Gasteiger partial charge in [-0.05, 0) is 49.6 Å². The fourth-order valence-corrected chi connectivity index (χ4v) is 4.39. The molecule has 41 heavy (non-hydrogen) atoms. The number of esters is 4. The average molecular weight is 570 g/mol. The average Bonchev–Trinajstić information content (AvgIpc) is 2.94. The zero-order chi connectivity index (χ0) is 30.3. The number of carbonyl (C=O) groups excluding carboxylic acids is 4. The van der Waals surface area contributed by atoms with Gasteiger partial charge in [0.05, 0.1) is 12.7 Å². The van der Waals surface area contributed by atoms with Crippen LogP contribution in [0.2, 0.25) is 0 Å². The molecule has 0 aliphatic heterocycles. The van der Waals surface area contributed by atoms with E-state index in [0.29, 0.717) is 24.0 Å². The summed E-state index contributed by atoms with van der Waals surface area (Å²) < 4.78 is 21.7. The second kappa shape index (κ2) is 17.2. The van der Waals surface area contributed by atoms with Crippen molar-refractivity contribution in [1.82, 2.24) is 0 Å². The van der Waals surface area contributed by atoms with E-state index in [1.54, 1.807) is 43.3 Å². The van der Waals surface area contributed by atoms with Crippen LogP contribution >= 0.6 is 0 Å². The molecule has 1 unspecified atom stereocenters. The first-order valence-electron chi connectivity index (χ1n) is 14.3. The van der Waals surface area contributed by atoms with Gasteiger partial charge in [0.1, 0.15) is 11.6 Å². The fraction of sp³-hybridized carbons (Fsp3) is 0.500. The first kappa shape index (κ1) is 33.5. The Kier molecular flexibility index (Phi) is 14.0. The zero-order valence-electron chi connectivity index (χ0n) is 24.6. The lowest BCUT2D eigenvalue weighted by Crippen LogP contribution is -2.53. The summed E-state index contributed by atoms with van der Waals surface area (Å²) >= 11 is 0. The highest BCUT2D eigenvalue weighted by molar-refractivity contribution is 5.89. The quantitative estimate of drug-likeness (QED) is 0.145. The Labute approximate surface area is 242 Å². The molecular weight excluding hydrogens is 526 g/mol. The van der Waals surface area contributed by atoms with Gasteiger partial charge in [0.25, 0.3) is 0 Å². The lowest BCUT2D eigenvalue weighted by Gasteiger charge is -2.29. The molecule has 0 fully saturated rings. The van der Waals surface area contributed by atoms with Gasteiger partial charge >= 0.3 is 23.9 Å². The van der Waals surface area contributed by atoms with Gasteiger partial charge < -0.3 is 24.7 Å². The van der Waals surface area contributed by atoms with Crippen molar-refractivity contribution in [3.8, 4) is 11.5 Å². The molecule has 2 rings (SSSR count). The van der Waals surface area contributed by atoms with Crippen LogP contribution in [0.25, 0.3) is 0 Å². The summed E-state index contributed by atoms with van der Waals surface area (Å²) in [5.74, 6) is -1.91. The molecular formula is C32H43NO8. The number of ether oxygens (including phenoxy) is 4. The van der Waals surface area contributed by atoms with Gasteiger partial charge in [-0.15, -0.1) is 0 Å². The van der Waals surface area contributed by atoms with Crippen molar-refractivity contribution in [2.24, 2.45) is 5.73 Å². The van der Waals surface area contributed by atoms with Crippen LogP contribution < -0.4 is 15.2 Å². The molecule has 0 heterocycles. The first-order valence-corrected chi connectivity index (χ1v) is 14.3. The second-order valence-electron chi connectivity index (χ2n) is 10.3. The number of unbranched alkanes of at least 4 members (excludes halogenated alkanes) is 4. The Morgan fingerprint density at radius 2 is 1.41 bits per heavy atom. The highest BCUT2D eigenvalue weighted by atomic mass is 16.6. The third-order valence-corrected chi connectivity index (χ3v) is 6.51. The van der Waals surface area contributed by atoms with Crippen LogP contribution in [0.15, 0.2) is 48.5 Å². The van der Waals surface area contributed by atoms with Crippen LogP contribution in [-0.4, -0.2) is 42.6 Å². The largest absolute Gasteiger partial charge is 0.468 e. The Morgan fingerprint density at radius 3 is 1.98 bits per heavy atom. The van der Waals surface area contributed by atoms with Gasteiger partial charge in [-0.1, -0.05) is 63.8 Å². The number of rotatable bonds is 17. The SMILES string of the molecule is CCCCCC(=O)Oc1ccc(C[C@](N)(CC(C)OC(=O)c2ccccc2)C(=O)OC)cc1OC(=O)CCCCC. The number of carbonyl (C=O) groups is 4. The molecule has 0 saturated carbocycles. The normalized spacial score (nSPS) is 13.0. The number of benzene rings is 2. The summed E-state index contributed by atoms with van der Waals surface area (Å²) in [5.41, 5.74) is 5.92. The molecule has 9 heteroatoms. The maximum absolute atomic E-state index is 12.8. The maximum Gasteiger partial charge on any atom is 0.338 e. The summed E-state index contributed by atoms with van der Waals surface area (Å²) in [6, 6.07) is 13.2. The second-order valence-corrected chi connectivity index (χ2v) is 10.3. The van der Waals surface area contributed by atoms with Crippen molar-refractivity contribution in [2.75, 3.05) is 7.11 Å². The number of hydrogen-bond donors (Lipinski definition) is 1. The third kappa shape index (κ3) is 11.4. The van der Waals surface area contributed by atoms with Crippen LogP contribution in [0.3, 0.4) is 0 Å². The van der Waals surface area contributed by atoms with Gasteiger partial charge in [-0.3, -0.25) is 14.4 Å². The highest BCUT2D eigenvalue weighted by Gasteiger charge is 2.38. The van der Waals surface area contributed by atoms with Gasteiger partial charge in [-0.25, -0.2) is 4.79 Å². The Bertz CT molecular complexity index is 1150. The van der Waals surface area contributed by atoms with E-state index < -0.39 is 35.5 Å². The smallest absolute Gasteiger partial charge is 0.338 e. The molecule has 2 aromatic rings. The van der Waals surface area contributed by atoms with E-state index in [0.717, 1.165) is 25.7 Å². The van der Waals surface area contributed by atoms with E-state index >= 15 is 0 Å². The molecule has 2 atom stereocenters. The minimum absolute atomic E-state index is 0.0159. The minimum Gasteiger partial charge on any atom is -0.468 e. The van der Waals surface area contributed by atoms with Crippen molar-refractivity contribution in [3.63, 3.8) is 0 Å². The Balaban J connectivity index is 2.25. The van der Waals surface area contributed by atoms with Gasteiger partial charge in [0.2, 0.25) is 0 Å². The molecule has 2 aromatic carbocycles. The zero-order valence-corrected chi connectivity index (χ0v) is 24.6. The highest BCUT2D eigenvalue weighted by Crippen LogP contribution is 2.32. The molecule has 0 saturated heterocycles. The molecule has 0 aliphatic carbocycles. The first-order chi connectivity index (χ1) is 19.6. The summed E-state index contributed by atoms with van der Waals surface area (Å²) in [6.07, 6.45) is 4.78. The van der Waals surface area contributed by atoms with Crippen molar-refractivity contribution in [2.45, 2.75) is 96.6 Å². The van der Waals surface area contributed by atoms with Crippen LogP contribution in [0.4, 0.5) is 0 Å². The standard InChI is InChI=1S/C32H43NO8/c1-5-7-10-16-28(34)40-26-19-18-24(20-27(26)41-29(35)17-11-8-6-2)22-32(33,31(37)38-4)21-23(3)39-30(36)25-14-12-9-13-15-25/h9,12-15,18-20,23H,5-8,10-11,16-17,21-22,33H2,1-4H3/t23?,32-/m1/s1. The Hall–Kier alpha value is -3.72. The third-order valence-electron chi connectivity index (χ3n) is 6.51. The Morgan fingerprint density at radius 1 is 0.829 bits per heavy atom. The summed E-state index contributed by atoms with van der Waals surface area (Å²) in [7, 11) is 1.23. The molecule has 0 spiro atoms. The predicted molar refractivity (Wildman–Crippen MR) is 155 cm³/mol. The van der Waals surface area contributed by atoms with Crippen molar-refractivity contribution in [1.29, 1.82) is 0 Å². The number of methoxy groups -OCH3 is 1. The summed E-state index contributed by atoms with van der Waals surface area (Å²) in [4.78, 5) is 50.3. The van der Waals surface area contributed by atoms with E-state index in [-0.39, 0.29) is 37.2 Å². The molecule has 2 N–H and O–H groups in total.